The summed E-state index contributed by atoms with van der Waals surface area (Å²) in [7, 11) is 0. The quantitative estimate of drug-likeness (QED) is 0.446. The molecule has 0 spiro atoms. The van der Waals surface area contributed by atoms with Crippen molar-refractivity contribution in [2.45, 2.75) is 41.5 Å². The van der Waals surface area contributed by atoms with Gasteiger partial charge in [-0.15, -0.1) is 0 Å². The van der Waals surface area contributed by atoms with Crippen LogP contribution in [0.1, 0.15) is 33.4 Å². The van der Waals surface area contributed by atoms with E-state index in [0.717, 1.165) is 0 Å². The summed E-state index contributed by atoms with van der Waals surface area (Å²) in [5.74, 6) is 0. The number of fused-ring (bicyclic) bond motifs is 3. The molecule has 0 saturated carbocycles. The average molecular weight is 262 g/mol. The standard InChI is InChI=1S/C20H22/c1-11-7-17-15(5)16(6)18-8-12(2)14(4)10-20(18)19(17)9-13(11)3/h7-10H,1-6H3. The first-order chi connectivity index (χ1) is 9.40. The minimum atomic E-state index is 1.38. The summed E-state index contributed by atoms with van der Waals surface area (Å²) in [6.45, 7) is 13.3. The average Bonchev–Trinajstić information content (AvgIpc) is 2.41. The molecule has 0 saturated heterocycles. The van der Waals surface area contributed by atoms with Crippen LogP contribution in [0.3, 0.4) is 0 Å². The van der Waals surface area contributed by atoms with Gasteiger partial charge in [0.05, 0.1) is 0 Å². The molecular formula is C20H22. The molecule has 3 aromatic rings. The normalized spacial score (nSPS) is 11.5. The lowest BCUT2D eigenvalue weighted by molar-refractivity contribution is 1.33. The Kier molecular flexibility index (Phi) is 2.86. The van der Waals surface area contributed by atoms with Gasteiger partial charge in [0.25, 0.3) is 0 Å². The lowest BCUT2D eigenvalue weighted by Gasteiger charge is -2.15. The highest BCUT2D eigenvalue weighted by molar-refractivity contribution is 6.11. The van der Waals surface area contributed by atoms with Crippen molar-refractivity contribution in [3.05, 3.63) is 57.6 Å². The van der Waals surface area contributed by atoms with Crippen molar-refractivity contribution in [1.29, 1.82) is 0 Å². The van der Waals surface area contributed by atoms with E-state index in [1.807, 2.05) is 0 Å². The number of benzene rings is 3. The molecule has 0 aliphatic heterocycles. The van der Waals surface area contributed by atoms with E-state index in [9.17, 15) is 0 Å². The number of rotatable bonds is 0. The van der Waals surface area contributed by atoms with E-state index >= 15 is 0 Å². The van der Waals surface area contributed by atoms with E-state index in [1.165, 1.54) is 54.9 Å². The Morgan fingerprint density at radius 2 is 0.650 bits per heavy atom. The fourth-order valence-corrected chi connectivity index (χ4v) is 3.10. The molecule has 0 aliphatic carbocycles. The molecule has 3 rings (SSSR count). The Morgan fingerprint density at radius 3 is 0.950 bits per heavy atom. The monoisotopic (exact) mass is 262 g/mol. The Labute approximate surface area is 121 Å². The van der Waals surface area contributed by atoms with Crippen molar-refractivity contribution >= 4 is 21.5 Å². The van der Waals surface area contributed by atoms with Crippen LogP contribution in [0, 0.1) is 41.5 Å². The zero-order valence-electron chi connectivity index (χ0n) is 13.3. The summed E-state index contributed by atoms with van der Waals surface area (Å²) >= 11 is 0. The highest BCUT2D eigenvalue weighted by Gasteiger charge is 2.11. The summed E-state index contributed by atoms with van der Waals surface area (Å²) in [6, 6.07) is 9.41. The van der Waals surface area contributed by atoms with Gasteiger partial charge in [-0.2, -0.15) is 0 Å². The van der Waals surface area contributed by atoms with Crippen LogP contribution < -0.4 is 0 Å². The zero-order chi connectivity index (χ0) is 14.6. The smallest absolute Gasteiger partial charge is 0.00996 e. The second-order valence-corrected chi connectivity index (χ2v) is 6.21. The van der Waals surface area contributed by atoms with Crippen LogP contribution in [-0.2, 0) is 0 Å². The van der Waals surface area contributed by atoms with Gasteiger partial charge in [0.1, 0.15) is 0 Å². The van der Waals surface area contributed by atoms with Crippen molar-refractivity contribution in [3.63, 3.8) is 0 Å². The molecule has 3 aromatic carbocycles. The van der Waals surface area contributed by atoms with Gasteiger partial charge in [0.2, 0.25) is 0 Å². The van der Waals surface area contributed by atoms with Gasteiger partial charge in [-0.3, -0.25) is 0 Å². The highest BCUT2D eigenvalue weighted by Crippen LogP contribution is 2.35. The predicted molar refractivity (Wildman–Crippen MR) is 89.9 cm³/mol. The Bertz CT molecular complexity index is 779. The summed E-state index contributed by atoms with van der Waals surface area (Å²) in [5, 5.41) is 5.60. The van der Waals surface area contributed by atoms with Gasteiger partial charge in [0, 0.05) is 0 Å². The lowest BCUT2D eigenvalue weighted by Crippen LogP contribution is -1.93. The number of hydrogen-bond acceptors (Lipinski definition) is 0. The SMILES string of the molecule is Cc1cc2c(C)c(C)c3cc(C)c(C)cc3c2cc1C. The summed E-state index contributed by atoms with van der Waals surface area (Å²) in [6.07, 6.45) is 0. The van der Waals surface area contributed by atoms with Gasteiger partial charge < -0.3 is 0 Å². The van der Waals surface area contributed by atoms with Crippen molar-refractivity contribution in [2.24, 2.45) is 0 Å². The highest BCUT2D eigenvalue weighted by atomic mass is 14.1. The minimum absolute atomic E-state index is 1.38. The molecule has 0 N–H and O–H groups in total. The molecule has 0 fully saturated rings. The molecule has 0 bridgehead atoms. The number of hydrogen-bond donors (Lipinski definition) is 0. The van der Waals surface area contributed by atoms with E-state index in [1.54, 1.807) is 0 Å². The molecule has 0 heterocycles. The summed E-state index contributed by atoms with van der Waals surface area (Å²) in [5.41, 5.74) is 8.34. The molecule has 0 radical (unpaired) electrons. The molecule has 0 nitrogen and oxygen atoms in total. The molecule has 102 valence electrons. The van der Waals surface area contributed by atoms with E-state index in [2.05, 4.69) is 65.8 Å². The van der Waals surface area contributed by atoms with E-state index in [4.69, 9.17) is 0 Å². The van der Waals surface area contributed by atoms with Crippen LogP contribution in [0.25, 0.3) is 21.5 Å². The van der Waals surface area contributed by atoms with Gasteiger partial charge in [-0.05, 0) is 96.5 Å². The first-order valence-corrected chi connectivity index (χ1v) is 7.31. The topological polar surface area (TPSA) is 0 Å². The Morgan fingerprint density at radius 1 is 0.400 bits per heavy atom. The summed E-state index contributed by atoms with van der Waals surface area (Å²) in [4.78, 5) is 0. The van der Waals surface area contributed by atoms with Crippen LogP contribution in [-0.4, -0.2) is 0 Å². The number of aryl methyl sites for hydroxylation is 6. The van der Waals surface area contributed by atoms with Crippen molar-refractivity contribution in [1.82, 2.24) is 0 Å². The van der Waals surface area contributed by atoms with Crippen LogP contribution >= 0.6 is 0 Å². The van der Waals surface area contributed by atoms with E-state index < -0.39 is 0 Å². The minimum Gasteiger partial charge on any atom is -0.0509 e. The third-order valence-corrected chi connectivity index (χ3v) is 4.93. The molecule has 0 unspecified atom stereocenters. The predicted octanol–water partition coefficient (Wildman–Crippen LogP) is 5.84. The van der Waals surface area contributed by atoms with E-state index in [-0.39, 0.29) is 0 Å². The van der Waals surface area contributed by atoms with Crippen LogP contribution in [0.4, 0.5) is 0 Å². The molecule has 0 atom stereocenters. The second-order valence-electron chi connectivity index (χ2n) is 6.21. The van der Waals surface area contributed by atoms with Crippen molar-refractivity contribution < 1.29 is 0 Å². The zero-order valence-corrected chi connectivity index (χ0v) is 13.3. The van der Waals surface area contributed by atoms with Gasteiger partial charge in [0.15, 0.2) is 0 Å². The third kappa shape index (κ3) is 1.75. The molecule has 0 aliphatic rings. The Hall–Kier alpha value is -1.82. The van der Waals surface area contributed by atoms with Gasteiger partial charge in [-0.1, -0.05) is 24.3 Å². The largest absolute Gasteiger partial charge is 0.0509 e. The maximum Gasteiger partial charge on any atom is -0.00996 e. The fourth-order valence-electron chi connectivity index (χ4n) is 3.10. The van der Waals surface area contributed by atoms with Gasteiger partial charge in [-0.25, -0.2) is 0 Å². The molecule has 0 aromatic heterocycles. The molecular weight excluding hydrogens is 240 g/mol. The second kappa shape index (κ2) is 4.34. The molecule has 20 heavy (non-hydrogen) atoms. The van der Waals surface area contributed by atoms with Crippen LogP contribution in [0.5, 0.6) is 0 Å². The van der Waals surface area contributed by atoms with Gasteiger partial charge >= 0.3 is 0 Å². The molecule has 0 amide bonds. The maximum atomic E-state index is 2.36. The van der Waals surface area contributed by atoms with Crippen molar-refractivity contribution in [3.8, 4) is 0 Å². The van der Waals surface area contributed by atoms with Crippen LogP contribution in [0.15, 0.2) is 24.3 Å². The lowest BCUT2D eigenvalue weighted by atomic mass is 9.89. The van der Waals surface area contributed by atoms with E-state index in [0.29, 0.717) is 0 Å². The first-order valence-electron chi connectivity index (χ1n) is 7.31. The first kappa shape index (κ1) is 13.2. The molecule has 0 heteroatoms. The Balaban J connectivity index is 2.64. The van der Waals surface area contributed by atoms with Crippen molar-refractivity contribution in [2.75, 3.05) is 0 Å². The van der Waals surface area contributed by atoms with Crippen LogP contribution in [0.2, 0.25) is 0 Å². The summed E-state index contributed by atoms with van der Waals surface area (Å²) < 4.78 is 0. The fraction of sp³-hybridized carbons (Fsp3) is 0.300. The maximum absolute atomic E-state index is 2.36. The third-order valence-electron chi connectivity index (χ3n) is 4.93.